The van der Waals surface area contributed by atoms with Crippen molar-refractivity contribution in [1.29, 1.82) is 0 Å². The maximum atomic E-state index is 10.8. The Kier molecular flexibility index (Phi) is 13.0. The summed E-state index contributed by atoms with van der Waals surface area (Å²) in [5.41, 5.74) is 2.64. The molecule has 2 nitrogen and oxygen atoms in total. The Labute approximate surface area is 155 Å². The first-order valence-electron chi connectivity index (χ1n) is 10.5. The van der Waals surface area contributed by atoms with Crippen LogP contribution < -0.4 is 4.74 Å². The predicted octanol–water partition coefficient (Wildman–Crippen LogP) is 7.03. The van der Waals surface area contributed by atoms with Crippen LogP contribution >= 0.6 is 0 Å². The minimum Gasteiger partial charge on any atom is -0.428 e. The maximum absolute atomic E-state index is 10.8. The highest BCUT2D eigenvalue weighted by Gasteiger charge is 2.09. The van der Waals surface area contributed by atoms with Gasteiger partial charge in [0.2, 0.25) is 0 Å². The quantitative estimate of drug-likeness (QED) is 0.237. The summed E-state index contributed by atoms with van der Waals surface area (Å²) < 4.78 is 5.25. The highest BCUT2D eigenvalue weighted by Crippen LogP contribution is 2.26. The van der Waals surface area contributed by atoms with Crippen LogP contribution in [0.1, 0.15) is 102 Å². The lowest BCUT2D eigenvalue weighted by Crippen LogP contribution is -2.01. The summed E-state index contributed by atoms with van der Waals surface area (Å²) in [6.07, 6.45) is 17.8. The Bertz CT molecular complexity index is 453. The molecule has 1 aromatic rings. The van der Waals surface area contributed by atoms with E-state index in [0.717, 1.165) is 18.6 Å². The van der Waals surface area contributed by atoms with E-state index in [1.807, 2.05) is 12.1 Å². The molecule has 0 aliphatic carbocycles. The van der Waals surface area contributed by atoms with E-state index in [9.17, 15) is 4.79 Å². The number of carbonyl (C=O) groups is 1. The van der Waals surface area contributed by atoms with E-state index in [0.29, 0.717) is 6.47 Å². The lowest BCUT2D eigenvalue weighted by Gasteiger charge is -2.13. The number of hydrogen-bond donors (Lipinski definition) is 0. The molecule has 0 heterocycles. The third kappa shape index (κ3) is 9.67. The zero-order valence-corrected chi connectivity index (χ0v) is 16.5. The highest BCUT2D eigenvalue weighted by molar-refractivity contribution is 5.50. The average Bonchev–Trinajstić information content (AvgIpc) is 2.62. The minimum atomic E-state index is 0.564. The van der Waals surface area contributed by atoms with Gasteiger partial charge in [-0.1, -0.05) is 90.2 Å². The second-order valence-corrected chi connectivity index (χ2v) is 7.14. The van der Waals surface area contributed by atoms with Crippen LogP contribution in [-0.4, -0.2) is 6.47 Å². The summed E-state index contributed by atoms with van der Waals surface area (Å²) in [5.74, 6) is 0.770. The number of hydrogen-bond acceptors (Lipinski definition) is 2. The van der Waals surface area contributed by atoms with Crippen LogP contribution in [0.15, 0.2) is 18.2 Å². The van der Waals surface area contributed by atoms with Crippen molar-refractivity contribution in [2.24, 2.45) is 0 Å². The van der Waals surface area contributed by atoms with Crippen molar-refractivity contribution in [1.82, 2.24) is 0 Å². The summed E-state index contributed by atoms with van der Waals surface area (Å²) in [5, 5.41) is 0. The molecule has 0 aromatic heterocycles. The largest absolute Gasteiger partial charge is 0.428 e. The molecule has 0 bridgehead atoms. The fourth-order valence-electron chi connectivity index (χ4n) is 3.47. The van der Waals surface area contributed by atoms with Crippen molar-refractivity contribution >= 4 is 6.47 Å². The van der Waals surface area contributed by atoms with Crippen LogP contribution in [0.5, 0.6) is 5.75 Å². The van der Waals surface area contributed by atoms with Gasteiger partial charge in [-0.2, -0.15) is 0 Å². The number of carbonyl (C=O) groups excluding carboxylic acids is 1. The zero-order chi connectivity index (χ0) is 18.2. The van der Waals surface area contributed by atoms with Crippen LogP contribution in [0.3, 0.4) is 0 Å². The van der Waals surface area contributed by atoms with E-state index in [4.69, 9.17) is 4.74 Å². The van der Waals surface area contributed by atoms with Gasteiger partial charge in [0.25, 0.3) is 6.47 Å². The third-order valence-electron chi connectivity index (χ3n) is 4.99. The van der Waals surface area contributed by atoms with Gasteiger partial charge < -0.3 is 4.74 Å². The molecule has 0 aliphatic rings. The predicted molar refractivity (Wildman–Crippen MR) is 107 cm³/mol. The van der Waals surface area contributed by atoms with E-state index >= 15 is 0 Å². The molecule has 0 saturated heterocycles. The molecule has 1 aromatic carbocycles. The third-order valence-corrected chi connectivity index (χ3v) is 4.99. The van der Waals surface area contributed by atoms with Crippen LogP contribution in [0.2, 0.25) is 0 Å². The fourth-order valence-corrected chi connectivity index (χ4v) is 3.47. The summed E-state index contributed by atoms with van der Waals surface area (Å²) in [7, 11) is 0. The summed E-state index contributed by atoms with van der Waals surface area (Å²) in [6.45, 7) is 5.07. The van der Waals surface area contributed by atoms with Crippen LogP contribution in [-0.2, 0) is 17.6 Å². The van der Waals surface area contributed by atoms with Gasteiger partial charge in [0.05, 0.1) is 0 Å². The molecule has 0 radical (unpaired) electrons. The monoisotopic (exact) mass is 346 g/mol. The number of rotatable bonds is 16. The van der Waals surface area contributed by atoms with Gasteiger partial charge >= 0.3 is 0 Å². The van der Waals surface area contributed by atoms with E-state index < -0.39 is 0 Å². The lowest BCUT2D eigenvalue weighted by molar-refractivity contribution is -0.120. The molecule has 0 spiro atoms. The zero-order valence-electron chi connectivity index (χ0n) is 16.5. The van der Waals surface area contributed by atoms with E-state index in [2.05, 4.69) is 19.9 Å². The Morgan fingerprint density at radius 1 is 0.760 bits per heavy atom. The SMILES string of the molecule is CCCCCCCCc1cccc(OC=O)c1CCCCCCCC. The Balaban J connectivity index is 2.51. The molecule has 2 heteroatoms. The van der Waals surface area contributed by atoms with Gasteiger partial charge in [0.15, 0.2) is 0 Å². The Morgan fingerprint density at radius 2 is 1.32 bits per heavy atom. The minimum absolute atomic E-state index is 0.564. The van der Waals surface area contributed by atoms with E-state index in [1.165, 1.54) is 88.2 Å². The Hall–Kier alpha value is -1.31. The fraction of sp³-hybridized carbons (Fsp3) is 0.696. The van der Waals surface area contributed by atoms with Gasteiger partial charge in [-0.15, -0.1) is 0 Å². The summed E-state index contributed by atoms with van der Waals surface area (Å²) in [6, 6.07) is 6.18. The molecular formula is C23H38O2. The van der Waals surface area contributed by atoms with Crippen molar-refractivity contribution < 1.29 is 9.53 Å². The van der Waals surface area contributed by atoms with Crippen LogP contribution in [0.4, 0.5) is 0 Å². The van der Waals surface area contributed by atoms with E-state index in [1.54, 1.807) is 0 Å². The molecule has 1 rings (SSSR count). The highest BCUT2D eigenvalue weighted by atomic mass is 16.5. The molecule has 142 valence electrons. The van der Waals surface area contributed by atoms with Gasteiger partial charge in [-0.25, -0.2) is 0 Å². The number of ether oxygens (including phenoxy) is 1. The standard InChI is InChI=1S/C23H38O2/c1-3-5-7-9-11-13-16-21-17-15-19-23(25-20-24)22(21)18-14-12-10-8-6-4-2/h15,17,19-20H,3-14,16,18H2,1-2H3. The van der Waals surface area contributed by atoms with Crippen molar-refractivity contribution in [3.8, 4) is 5.75 Å². The Morgan fingerprint density at radius 3 is 1.92 bits per heavy atom. The van der Waals surface area contributed by atoms with Gasteiger partial charge in [-0.3, -0.25) is 4.79 Å². The molecule has 0 atom stereocenters. The molecule has 0 aliphatic heterocycles. The normalized spacial score (nSPS) is 10.8. The second-order valence-electron chi connectivity index (χ2n) is 7.14. The lowest BCUT2D eigenvalue weighted by atomic mass is 9.95. The smallest absolute Gasteiger partial charge is 0.298 e. The first kappa shape index (κ1) is 21.7. The van der Waals surface area contributed by atoms with Gasteiger partial charge in [0.1, 0.15) is 5.75 Å². The first-order chi connectivity index (χ1) is 12.3. The topological polar surface area (TPSA) is 26.3 Å². The molecule has 0 N–H and O–H groups in total. The molecule has 0 amide bonds. The van der Waals surface area contributed by atoms with Crippen molar-refractivity contribution in [2.75, 3.05) is 0 Å². The second kappa shape index (κ2) is 15.0. The molecular weight excluding hydrogens is 308 g/mol. The van der Waals surface area contributed by atoms with Crippen molar-refractivity contribution in [3.05, 3.63) is 29.3 Å². The van der Waals surface area contributed by atoms with Gasteiger partial charge in [0, 0.05) is 0 Å². The van der Waals surface area contributed by atoms with Crippen LogP contribution in [0.25, 0.3) is 0 Å². The molecule has 25 heavy (non-hydrogen) atoms. The van der Waals surface area contributed by atoms with Crippen molar-refractivity contribution in [2.45, 2.75) is 104 Å². The molecule has 0 saturated carbocycles. The van der Waals surface area contributed by atoms with Crippen molar-refractivity contribution in [3.63, 3.8) is 0 Å². The van der Waals surface area contributed by atoms with Gasteiger partial charge in [-0.05, 0) is 42.9 Å². The number of aryl methyl sites for hydroxylation is 1. The first-order valence-corrected chi connectivity index (χ1v) is 10.5. The average molecular weight is 347 g/mol. The van der Waals surface area contributed by atoms with E-state index in [-0.39, 0.29) is 0 Å². The van der Waals surface area contributed by atoms with Crippen LogP contribution in [0, 0.1) is 0 Å². The number of benzene rings is 1. The maximum Gasteiger partial charge on any atom is 0.298 e. The summed E-state index contributed by atoms with van der Waals surface area (Å²) in [4.78, 5) is 10.8. The molecule has 0 unspecified atom stereocenters. The summed E-state index contributed by atoms with van der Waals surface area (Å²) >= 11 is 0. The number of unbranched alkanes of at least 4 members (excludes halogenated alkanes) is 10. The molecule has 0 fully saturated rings.